The molecule has 6 heteroatoms. The van der Waals surface area contributed by atoms with E-state index >= 15 is 0 Å². The van der Waals surface area contributed by atoms with Gasteiger partial charge in [-0.1, -0.05) is 18.8 Å². The monoisotopic (exact) mass is 283 g/mol. The van der Waals surface area contributed by atoms with Crippen molar-refractivity contribution in [2.45, 2.75) is 6.92 Å². The number of rotatable bonds is 1. The Balaban J connectivity index is 2.37. The zero-order chi connectivity index (χ0) is 14.0. The largest absolute Gasteiger partial charge is 0.384 e. The number of aliphatic hydroxyl groups is 1. The SMILES string of the molecule is CC1CN(c2ccc(C#CCO)cc2F)S(=O)(=O)C1. The standard InChI is InChI=1S/C13H14FNO3S/c1-10-8-15(19(17,18)9-10)13-5-4-11(3-2-6-16)7-12(13)14/h4-5,7,10,16H,6,8-9H2,1H3. The van der Waals surface area contributed by atoms with Gasteiger partial charge in [-0.05, 0) is 24.1 Å². The first kappa shape index (κ1) is 13.8. The van der Waals surface area contributed by atoms with Crippen LogP contribution in [0.25, 0.3) is 0 Å². The predicted octanol–water partition coefficient (Wildman–Crippen LogP) is 0.955. The molecule has 0 saturated carbocycles. The topological polar surface area (TPSA) is 57.6 Å². The van der Waals surface area contributed by atoms with Crippen LogP contribution in [-0.2, 0) is 10.0 Å². The first-order valence-electron chi connectivity index (χ1n) is 5.84. The average Bonchev–Trinajstić information content (AvgIpc) is 2.60. The van der Waals surface area contributed by atoms with Crippen molar-refractivity contribution in [1.29, 1.82) is 0 Å². The molecule has 0 aromatic heterocycles. The summed E-state index contributed by atoms with van der Waals surface area (Å²) in [5, 5.41) is 8.57. The molecule has 0 bridgehead atoms. The van der Waals surface area contributed by atoms with E-state index in [2.05, 4.69) is 11.8 Å². The fourth-order valence-corrected chi connectivity index (χ4v) is 4.01. The molecule has 1 aromatic carbocycles. The van der Waals surface area contributed by atoms with Gasteiger partial charge in [0, 0.05) is 12.1 Å². The molecule has 0 aliphatic carbocycles. The Hall–Kier alpha value is -1.58. The molecule has 4 nitrogen and oxygen atoms in total. The van der Waals surface area contributed by atoms with Crippen LogP contribution in [0.1, 0.15) is 12.5 Å². The van der Waals surface area contributed by atoms with Crippen LogP contribution < -0.4 is 4.31 Å². The lowest BCUT2D eigenvalue weighted by Crippen LogP contribution is -2.26. The number of nitrogens with zero attached hydrogens (tertiary/aromatic N) is 1. The second-order valence-corrected chi connectivity index (χ2v) is 6.48. The average molecular weight is 283 g/mol. The van der Waals surface area contributed by atoms with Gasteiger partial charge in [0.05, 0.1) is 11.4 Å². The third-order valence-corrected chi connectivity index (χ3v) is 4.84. The molecule has 1 atom stereocenters. The fraction of sp³-hybridized carbons (Fsp3) is 0.385. The number of benzene rings is 1. The Morgan fingerprint density at radius 2 is 2.26 bits per heavy atom. The third-order valence-electron chi connectivity index (χ3n) is 2.84. The van der Waals surface area contributed by atoms with E-state index in [1.54, 1.807) is 6.07 Å². The molecule has 0 radical (unpaired) electrons. The van der Waals surface area contributed by atoms with Crippen molar-refractivity contribution < 1.29 is 17.9 Å². The molecular formula is C13H14FNO3S. The summed E-state index contributed by atoms with van der Waals surface area (Å²) in [5.41, 5.74) is 0.457. The molecule has 0 amide bonds. The molecule has 19 heavy (non-hydrogen) atoms. The molecule has 1 aliphatic rings. The van der Waals surface area contributed by atoms with E-state index in [-0.39, 0.29) is 24.0 Å². The number of anilines is 1. The minimum absolute atomic E-state index is 0.0155. The zero-order valence-corrected chi connectivity index (χ0v) is 11.2. The summed E-state index contributed by atoms with van der Waals surface area (Å²) in [6.07, 6.45) is 0. The maximum atomic E-state index is 14.0. The van der Waals surface area contributed by atoms with Gasteiger partial charge in [0.15, 0.2) is 0 Å². The molecule has 1 aliphatic heterocycles. The molecule has 1 aromatic rings. The van der Waals surface area contributed by atoms with Crippen LogP contribution in [0.2, 0.25) is 0 Å². The van der Waals surface area contributed by atoms with Gasteiger partial charge in [-0.2, -0.15) is 0 Å². The maximum absolute atomic E-state index is 14.0. The Morgan fingerprint density at radius 3 is 2.79 bits per heavy atom. The molecular weight excluding hydrogens is 269 g/mol. The summed E-state index contributed by atoms with van der Waals surface area (Å²) in [4.78, 5) is 0. The molecule has 102 valence electrons. The lowest BCUT2D eigenvalue weighted by atomic mass is 10.2. The van der Waals surface area contributed by atoms with E-state index in [1.807, 2.05) is 6.92 Å². The molecule has 1 fully saturated rings. The number of hydrogen-bond acceptors (Lipinski definition) is 3. The highest BCUT2D eigenvalue weighted by Crippen LogP contribution is 2.29. The van der Waals surface area contributed by atoms with Crippen molar-refractivity contribution in [2.75, 3.05) is 23.2 Å². The maximum Gasteiger partial charge on any atom is 0.235 e. The first-order chi connectivity index (χ1) is 8.94. The van der Waals surface area contributed by atoms with Gasteiger partial charge < -0.3 is 5.11 Å². The van der Waals surface area contributed by atoms with Gasteiger partial charge in [0.1, 0.15) is 12.4 Å². The van der Waals surface area contributed by atoms with E-state index in [9.17, 15) is 12.8 Å². The van der Waals surface area contributed by atoms with E-state index in [0.717, 1.165) is 4.31 Å². The summed E-state index contributed by atoms with van der Waals surface area (Å²) >= 11 is 0. The third kappa shape index (κ3) is 2.88. The minimum atomic E-state index is -3.42. The van der Waals surface area contributed by atoms with Gasteiger partial charge in [-0.25, -0.2) is 12.8 Å². The van der Waals surface area contributed by atoms with Crippen molar-refractivity contribution in [1.82, 2.24) is 0 Å². The van der Waals surface area contributed by atoms with Crippen LogP contribution in [0, 0.1) is 23.6 Å². The number of aliphatic hydroxyl groups excluding tert-OH is 1. The van der Waals surface area contributed by atoms with Gasteiger partial charge in [-0.15, -0.1) is 0 Å². The van der Waals surface area contributed by atoms with Gasteiger partial charge in [-0.3, -0.25) is 4.31 Å². The Morgan fingerprint density at radius 1 is 1.53 bits per heavy atom. The molecule has 1 saturated heterocycles. The van der Waals surface area contributed by atoms with E-state index in [0.29, 0.717) is 12.1 Å². The molecule has 2 rings (SSSR count). The van der Waals surface area contributed by atoms with Gasteiger partial charge >= 0.3 is 0 Å². The van der Waals surface area contributed by atoms with Crippen molar-refractivity contribution in [3.05, 3.63) is 29.6 Å². The lowest BCUT2D eigenvalue weighted by Gasteiger charge is -2.17. The number of halogens is 1. The first-order valence-corrected chi connectivity index (χ1v) is 7.44. The number of hydrogen-bond donors (Lipinski definition) is 1. The Kier molecular flexibility index (Phi) is 3.78. The summed E-state index contributed by atoms with van der Waals surface area (Å²) in [6, 6.07) is 4.13. The molecule has 0 spiro atoms. The Bertz CT molecular complexity index is 646. The van der Waals surface area contributed by atoms with Crippen LogP contribution in [-0.4, -0.2) is 32.4 Å². The van der Waals surface area contributed by atoms with Crippen LogP contribution in [0.3, 0.4) is 0 Å². The van der Waals surface area contributed by atoms with Crippen molar-refractivity contribution in [3.8, 4) is 11.8 Å². The molecule has 1 N–H and O–H groups in total. The van der Waals surface area contributed by atoms with Crippen LogP contribution in [0.15, 0.2) is 18.2 Å². The molecule has 1 unspecified atom stereocenters. The second kappa shape index (κ2) is 5.19. The lowest BCUT2D eigenvalue weighted by molar-refractivity contribution is 0.350. The van der Waals surface area contributed by atoms with E-state index in [4.69, 9.17) is 5.11 Å². The summed E-state index contributed by atoms with van der Waals surface area (Å²) in [6.45, 7) is 1.80. The van der Waals surface area contributed by atoms with Crippen LogP contribution in [0.4, 0.5) is 10.1 Å². The van der Waals surface area contributed by atoms with Crippen LogP contribution in [0.5, 0.6) is 0 Å². The zero-order valence-electron chi connectivity index (χ0n) is 10.4. The molecule has 1 heterocycles. The highest BCUT2D eigenvalue weighted by molar-refractivity contribution is 7.93. The summed E-state index contributed by atoms with van der Waals surface area (Å²) in [5.74, 6) is 4.39. The summed E-state index contributed by atoms with van der Waals surface area (Å²) in [7, 11) is -3.42. The minimum Gasteiger partial charge on any atom is -0.384 e. The van der Waals surface area contributed by atoms with Crippen molar-refractivity contribution in [2.24, 2.45) is 5.92 Å². The van der Waals surface area contributed by atoms with E-state index < -0.39 is 15.8 Å². The second-order valence-electron chi connectivity index (χ2n) is 4.54. The quantitative estimate of drug-likeness (QED) is 0.781. The van der Waals surface area contributed by atoms with E-state index in [1.165, 1.54) is 12.1 Å². The van der Waals surface area contributed by atoms with Crippen molar-refractivity contribution >= 4 is 15.7 Å². The van der Waals surface area contributed by atoms with Gasteiger partial charge in [0.2, 0.25) is 10.0 Å². The Labute approximate surface area is 111 Å². The van der Waals surface area contributed by atoms with Gasteiger partial charge in [0.25, 0.3) is 0 Å². The summed E-state index contributed by atoms with van der Waals surface area (Å²) < 4.78 is 38.8. The van der Waals surface area contributed by atoms with Crippen molar-refractivity contribution in [3.63, 3.8) is 0 Å². The fourth-order valence-electron chi connectivity index (χ4n) is 2.08. The smallest absolute Gasteiger partial charge is 0.235 e. The van der Waals surface area contributed by atoms with Crippen LogP contribution >= 0.6 is 0 Å². The number of sulfonamides is 1. The normalized spacial score (nSPS) is 21.0. The highest BCUT2D eigenvalue weighted by Gasteiger charge is 2.34. The highest BCUT2D eigenvalue weighted by atomic mass is 32.2. The predicted molar refractivity (Wildman–Crippen MR) is 70.7 cm³/mol.